The van der Waals surface area contributed by atoms with Gasteiger partial charge in [0.2, 0.25) is 0 Å². The number of nitro benzene ring substituents is 1. The van der Waals surface area contributed by atoms with E-state index in [0.717, 1.165) is 32.4 Å². The molecule has 2 saturated heterocycles. The number of piperidine rings is 2. The van der Waals surface area contributed by atoms with E-state index in [-0.39, 0.29) is 11.6 Å². The van der Waals surface area contributed by atoms with Crippen molar-refractivity contribution < 1.29 is 14.8 Å². The van der Waals surface area contributed by atoms with Crippen LogP contribution in [0.15, 0.2) is 18.2 Å². The molecule has 2 aliphatic rings. The van der Waals surface area contributed by atoms with Crippen molar-refractivity contribution >= 4 is 17.3 Å². The molecule has 1 amide bonds. The summed E-state index contributed by atoms with van der Waals surface area (Å²) in [6.07, 6.45) is 2.96. The van der Waals surface area contributed by atoms with E-state index >= 15 is 0 Å². The number of carbonyl (C=O) groups is 1. The van der Waals surface area contributed by atoms with E-state index in [4.69, 9.17) is 0 Å². The molecule has 3 rings (SSSR count). The Morgan fingerprint density at radius 2 is 1.96 bits per heavy atom. The maximum Gasteiger partial charge on any atom is 0.293 e. The van der Waals surface area contributed by atoms with Crippen LogP contribution in [0.2, 0.25) is 0 Å². The Hall–Kier alpha value is -2.15. The van der Waals surface area contributed by atoms with E-state index in [2.05, 4.69) is 6.92 Å². The molecule has 2 fully saturated rings. The Bertz CT molecular complexity index is 656. The standard InChI is InChI=1S/C18H25N3O4/c1-13-6-9-19(10-7-13)16-5-4-14(11-17(16)21(24)25)18(23)20-8-2-3-15(22)12-20/h4-5,11,13,15,22H,2-3,6-10,12H2,1H3. The van der Waals surface area contributed by atoms with Crippen molar-refractivity contribution in [1.29, 1.82) is 0 Å². The molecule has 0 aromatic heterocycles. The highest BCUT2D eigenvalue weighted by molar-refractivity contribution is 5.96. The highest BCUT2D eigenvalue weighted by Crippen LogP contribution is 2.32. The van der Waals surface area contributed by atoms with Crippen LogP contribution < -0.4 is 4.90 Å². The molecule has 1 aromatic carbocycles. The van der Waals surface area contributed by atoms with Gasteiger partial charge in [0.1, 0.15) is 5.69 Å². The van der Waals surface area contributed by atoms with Crippen LogP contribution in [0.25, 0.3) is 0 Å². The zero-order valence-corrected chi connectivity index (χ0v) is 14.6. The molecule has 0 saturated carbocycles. The molecular formula is C18H25N3O4. The van der Waals surface area contributed by atoms with Gasteiger partial charge < -0.3 is 14.9 Å². The molecule has 0 spiro atoms. The monoisotopic (exact) mass is 347 g/mol. The maximum atomic E-state index is 12.6. The number of benzene rings is 1. The molecule has 25 heavy (non-hydrogen) atoms. The van der Waals surface area contributed by atoms with Crippen molar-refractivity contribution in [1.82, 2.24) is 4.90 Å². The molecule has 0 radical (unpaired) electrons. The number of likely N-dealkylation sites (tertiary alicyclic amines) is 1. The molecule has 0 aliphatic carbocycles. The van der Waals surface area contributed by atoms with E-state index in [9.17, 15) is 20.0 Å². The number of hydrogen-bond donors (Lipinski definition) is 1. The lowest BCUT2D eigenvalue weighted by Crippen LogP contribution is -2.42. The summed E-state index contributed by atoms with van der Waals surface area (Å²) in [7, 11) is 0. The molecule has 136 valence electrons. The lowest BCUT2D eigenvalue weighted by atomic mass is 9.98. The first-order chi connectivity index (χ1) is 12.0. The first-order valence-electron chi connectivity index (χ1n) is 8.96. The van der Waals surface area contributed by atoms with Crippen LogP contribution in [-0.2, 0) is 0 Å². The summed E-state index contributed by atoms with van der Waals surface area (Å²) in [5.41, 5.74) is 0.889. The van der Waals surface area contributed by atoms with Gasteiger partial charge in [0.25, 0.3) is 11.6 Å². The molecule has 0 bridgehead atoms. The minimum absolute atomic E-state index is 0.0158. The molecule has 1 N–H and O–H groups in total. The number of rotatable bonds is 3. The van der Waals surface area contributed by atoms with Crippen molar-refractivity contribution in [3.05, 3.63) is 33.9 Å². The maximum absolute atomic E-state index is 12.6. The number of hydrogen-bond acceptors (Lipinski definition) is 5. The second-order valence-electron chi connectivity index (χ2n) is 7.18. The average molecular weight is 347 g/mol. The van der Waals surface area contributed by atoms with Gasteiger partial charge in [0, 0.05) is 37.8 Å². The minimum atomic E-state index is -0.512. The van der Waals surface area contributed by atoms with Crippen LogP contribution in [0, 0.1) is 16.0 Å². The predicted octanol–water partition coefficient (Wildman–Crippen LogP) is 2.43. The van der Waals surface area contributed by atoms with Gasteiger partial charge in [-0.3, -0.25) is 14.9 Å². The zero-order chi connectivity index (χ0) is 18.0. The smallest absolute Gasteiger partial charge is 0.293 e. The van der Waals surface area contributed by atoms with Gasteiger partial charge in [-0.25, -0.2) is 0 Å². The van der Waals surface area contributed by atoms with E-state index in [1.54, 1.807) is 17.0 Å². The highest BCUT2D eigenvalue weighted by Gasteiger charge is 2.27. The van der Waals surface area contributed by atoms with Gasteiger partial charge in [-0.05, 0) is 43.7 Å². The van der Waals surface area contributed by atoms with Gasteiger partial charge in [0.15, 0.2) is 0 Å². The number of aliphatic hydroxyl groups excluding tert-OH is 1. The first kappa shape index (κ1) is 17.7. The summed E-state index contributed by atoms with van der Waals surface area (Å²) in [4.78, 5) is 27.4. The van der Waals surface area contributed by atoms with E-state index in [1.807, 2.05) is 4.90 Å². The van der Waals surface area contributed by atoms with Crippen LogP contribution in [-0.4, -0.2) is 53.1 Å². The number of nitro groups is 1. The van der Waals surface area contributed by atoms with Crippen LogP contribution in [0.1, 0.15) is 43.0 Å². The molecule has 1 atom stereocenters. The van der Waals surface area contributed by atoms with Crippen LogP contribution in [0.4, 0.5) is 11.4 Å². The highest BCUT2D eigenvalue weighted by atomic mass is 16.6. The molecule has 1 aromatic rings. The first-order valence-corrected chi connectivity index (χ1v) is 8.96. The van der Waals surface area contributed by atoms with Gasteiger partial charge in [-0.2, -0.15) is 0 Å². The summed E-state index contributed by atoms with van der Waals surface area (Å²) < 4.78 is 0. The molecule has 2 aliphatic heterocycles. The number of amides is 1. The Kier molecular flexibility index (Phi) is 5.22. The minimum Gasteiger partial charge on any atom is -0.391 e. The van der Waals surface area contributed by atoms with E-state index in [1.165, 1.54) is 6.07 Å². The summed E-state index contributed by atoms with van der Waals surface area (Å²) in [6, 6.07) is 4.75. The van der Waals surface area contributed by atoms with Crippen LogP contribution in [0.3, 0.4) is 0 Å². The average Bonchev–Trinajstić information content (AvgIpc) is 2.61. The lowest BCUT2D eigenvalue weighted by Gasteiger charge is -2.32. The molecule has 7 nitrogen and oxygen atoms in total. The van der Waals surface area contributed by atoms with Crippen molar-refractivity contribution in [2.45, 2.75) is 38.7 Å². The normalized spacial score (nSPS) is 22.1. The number of aliphatic hydroxyl groups is 1. The topological polar surface area (TPSA) is 86.9 Å². The third-order valence-corrected chi connectivity index (χ3v) is 5.23. The van der Waals surface area contributed by atoms with Crippen molar-refractivity contribution in [2.24, 2.45) is 5.92 Å². The number of anilines is 1. The third kappa shape index (κ3) is 3.92. The van der Waals surface area contributed by atoms with Crippen molar-refractivity contribution in [3.8, 4) is 0 Å². The zero-order valence-electron chi connectivity index (χ0n) is 14.6. The molecule has 7 heteroatoms. The van der Waals surface area contributed by atoms with Gasteiger partial charge >= 0.3 is 0 Å². The number of carbonyl (C=O) groups excluding carboxylic acids is 1. The quantitative estimate of drug-likeness (QED) is 0.670. The van der Waals surface area contributed by atoms with E-state index < -0.39 is 11.0 Å². The van der Waals surface area contributed by atoms with Crippen LogP contribution >= 0.6 is 0 Å². The SMILES string of the molecule is CC1CCN(c2ccc(C(=O)N3CCCC(O)C3)cc2[N+](=O)[O-])CC1. The van der Waals surface area contributed by atoms with Gasteiger partial charge in [-0.1, -0.05) is 6.92 Å². The fourth-order valence-corrected chi connectivity index (χ4v) is 3.64. The Balaban J connectivity index is 1.83. The van der Waals surface area contributed by atoms with Gasteiger partial charge in [-0.15, -0.1) is 0 Å². The van der Waals surface area contributed by atoms with Crippen molar-refractivity contribution in [3.63, 3.8) is 0 Å². The summed E-state index contributed by atoms with van der Waals surface area (Å²) in [6.45, 7) is 4.66. The summed E-state index contributed by atoms with van der Waals surface area (Å²) in [5, 5.41) is 21.3. The fraction of sp³-hybridized carbons (Fsp3) is 0.611. The number of β-amino-alcohol motifs (C(OH)–C–C–N with tert-alkyl or cyclic N) is 1. The Morgan fingerprint density at radius 3 is 2.60 bits per heavy atom. The van der Waals surface area contributed by atoms with E-state index in [0.29, 0.717) is 36.7 Å². The summed E-state index contributed by atoms with van der Waals surface area (Å²) >= 11 is 0. The fourth-order valence-electron chi connectivity index (χ4n) is 3.64. The van der Waals surface area contributed by atoms with Crippen LogP contribution in [0.5, 0.6) is 0 Å². The Morgan fingerprint density at radius 1 is 1.24 bits per heavy atom. The largest absolute Gasteiger partial charge is 0.391 e. The lowest BCUT2D eigenvalue weighted by molar-refractivity contribution is -0.384. The van der Waals surface area contributed by atoms with Gasteiger partial charge in [0.05, 0.1) is 11.0 Å². The molecule has 1 unspecified atom stereocenters. The van der Waals surface area contributed by atoms with Crippen molar-refractivity contribution in [2.75, 3.05) is 31.1 Å². The third-order valence-electron chi connectivity index (χ3n) is 5.23. The second-order valence-corrected chi connectivity index (χ2v) is 7.18. The molecule has 2 heterocycles. The molecular weight excluding hydrogens is 322 g/mol. The Labute approximate surface area is 147 Å². The second kappa shape index (κ2) is 7.39. The number of nitrogens with zero attached hydrogens (tertiary/aromatic N) is 3. The predicted molar refractivity (Wildman–Crippen MR) is 94.9 cm³/mol. The summed E-state index contributed by atoms with van der Waals surface area (Å²) in [5.74, 6) is 0.391.